The first kappa shape index (κ1) is 19.0. The van der Waals surface area contributed by atoms with Crippen molar-refractivity contribution in [1.29, 1.82) is 0 Å². The second-order valence-electron chi connectivity index (χ2n) is 5.10. The molecule has 2 aromatic carbocycles. The second kappa shape index (κ2) is 8.15. The summed E-state index contributed by atoms with van der Waals surface area (Å²) in [7, 11) is 0. The Morgan fingerprint density at radius 1 is 1.28 bits per heavy atom. The normalized spacial score (nSPS) is 11.6. The van der Waals surface area contributed by atoms with Crippen molar-refractivity contribution in [3.63, 3.8) is 0 Å². The van der Waals surface area contributed by atoms with E-state index >= 15 is 0 Å². The van der Waals surface area contributed by atoms with Crippen LogP contribution < -0.4 is 10.2 Å². The number of nitrogens with zero attached hydrogens (tertiary/aromatic N) is 1. The zero-order valence-electron chi connectivity index (χ0n) is 13.1. The average Bonchev–Trinajstić information content (AvgIpc) is 2.53. The molecule has 0 radical (unpaired) electrons. The van der Waals surface area contributed by atoms with Crippen molar-refractivity contribution < 1.29 is 22.7 Å². The van der Waals surface area contributed by atoms with Gasteiger partial charge in [0.2, 0.25) is 0 Å². The van der Waals surface area contributed by atoms with E-state index < -0.39 is 17.6 Å². The lowest BCUT2D eigenvalue weighted by Gasteiger charge is -2.09. The smallest absolute Gasteiger partial charge is 0.417 e. The molecule has 0 saturated carbocycles. The van der Waals surface area contributed by atoms with Crippen LogP contribution in [0.3, 0.4) is 0 Å². The number of nitrogens with one attached hydrogen (secondary N) is 1. The van der Waals surface area contributed by atoms with Gasteiger partial charge in [-0.25, -0.2) is 5.43 Å². The Morgan fingerprint density at radius 2 is 2.00 bits per heavy atom. The van der Waals surface area contributed by atoms with Crippen LogP contribution in [0, 0.1) is 6.92 Å². The third kappa shape index (κ3) is 5.60. The maximum Gasteiger partial charge on any atom is 0.417 e. The van der Waals surface area contributed by atoms with Crippen LogP contribution in [0.5, 0.6) is 5.75 Å². The number of ether oxygens (including phenoxy) is 1. The van der Waals surface area contributed by atoms with Gasteiger partial charge in [-0.2, -0.15) is 18.3 Å². The monoisotopic (exact) mass is 414 g/mol. The van der Waals surface area contributed by atoms with Gasteiger partial charge in [-0.1, -0.05) is 24.3 Å². The van der Waals surface area contributed by atoms with Crippen LogP contribution >= 0.6 is 15.9 Å². The molecule has 8 heteroatoms. The van der Waals surface area contributed by atoms with E-state index in [9.17, 15) is 18.0 Å². The number of halogens is 4. The summed E-state index contributed by atoms with van der Waals surface area (Å²) in [5.41, 5.74) is 2.19. The Kier molecular flexibility index (Phi) is 6.19. The van der Waals surface area contributed by atoms with Crippen molar-refractivity contribution >= 4 is 28.1 Å². The summed E-state index contributed by atoms with van der Waals surface area (Å²) < 4.78 is 44.5. The first-order valence-electron chi connectivity index (χ1n) is 7.14. The fourth-order valence-corrected chi connectivity index (χ4v) is 2.55. The second-order valence-corrected chi connectivity index (χ2v) is 5.96. The number of carbonyl (C=O) groups is 1. The van der Waals surface area contributed by atoms with E-state index in [1.165, 1.54) is 18.2 Å². The average molecular weight is 415 g/mol. The topological polar surface area (TPSA) is 50.7 Å². The zero-order chi connectivity index (χ0) is 18.4. The molecule has 0 aliphatic rings. The van der Waals surface area contributed by atoms with Crippen LogP contribution in [-0.4, -0.2) is 18.7 Å². The third-order valence-electron chi connectivity index (χ3n) is 3.11. The largest absolute Gasteiger partial charge is 0.483 e. The molecule has 0 heterocycles. The molecule has 0 aliphatic carbocycles. The lowest BCUT2D eigenvalue weighted by Crippen LogP contribution is -2.24. The molecule has 0 spiro atoms. The van der Waals surface area contributed by atoms with Gasteiger partial charge in [0.05, 0.1) is 16.3 Å². The predicted molar refractivity (Wildman–Crippen MR) is 91.6 cm³/mol. The molecule has 0 aromatic heterocycles. The highest BCUT2D eigenvalue weighted by molar-refractivity contribution is 9.10. The first-order valence-corrected chi connectivity index (χ1v) is 7.94. The fourth-order valence-electron chi connectivity index (χ4n) is 1.94. The van der Waals surface area contributed by atoms with Crippen LogP contribution in [0.4, 0.5) is 13.2 Å². The van der Waals surface area contributed by atoms with E-state index in [2.05, 4.69) is 26.5 Å². The maximum atomic E-state index is 12.8. The summed E-state index contributed by atoms with van der Waals surface area (Å²) in [5, 5.41) is 3.55. The van der Waals surface area contributed by atoms with Crippen LogP contribution in [0.1, 0.15) is 16.7 Å². The van der Waals surface area contributed by atoms with Crippen LogP contribution in [0.15, 0.2) is 52.0 Å². The first-order chi connectivity index (χ1) is 11.8. The summed E-state index contributed by atoms with van der Waals surface area (Å²) in [5.74, 6) is -0.111. The quantitative estimate of drug-likeness (QED) is 0.585. The molecule has 0 unspecified atom stereocenters. The zero-order valence-corrected chi connectivity index (χ0v) is 14.7. The lowest BCUT2D eigenvalue weighted by atomic mass is 10.1. The van der Waals surface area contributed by atoms with Crippen molar-refractivity contribution in [3.8, 4) is 5.75 Å². The van der Waals surface area contributed by atoms with Gasteiger partial charge >= 0.3 is 6.18 Å². The number of hydrogen-bond donors (Lipinski definition) is 1. The molecule has 0 atom stereocenters. The van der Waals surface area contributed by atoms with Crippen LogP contribution in [0.25, 0.3) is 0 Å². The van der Waals surface area contributed by atoms with Gasteiger partial charge < -0.3 is 4.74 Å². The van der Waals surface area contributed by atoms with E-state index in [0.717, 1.165) is 17.8 Å². The highest BCUT2D eigenvalue weighted by Gasteiger charge is 2.32. The highest BCUT2D eigenvalue weighted by Crippen LogP contribution is 2.31. The predicted octanol–water partition coefficient (Wildman–Crippen LogP) is 4.31. The number of amides is 1. The number of hydrogen-bond acceptors (Lipinski definition) is 3. The number of alkyl halides is 3. The minimum Gasteiger partial charge on any atom is -0.483 e. The molecular weight excluding hydrogens is 401 g/mol. The summed E-state index contributed by atoms with van der Waals surface area (Å²) in [6, 6.07) is 10.3. The van der Waals surface area contributed by atoms with Gasteiger partial charge in [-0.15, -0.1) is 0 Å². The van der Waals surface area contributed by atoms with E-state index in [4.69, 9.17) is 4.74 Å². The Hall–Kier alpha value is -2.35. The van der Waals surface area contributed by atoms with Crippen molar-refractivity contribution in [2.45, 2.75) is 13.1 Å². The summed E-state index contributed by atoms with van der Waals surface area (Å²) >= 11 is 3.31. The molecule has 0 fully saturated rings. The molecule has 2 rings (SSSR count). The maximum absolute atomic E-state index is 12.8. The SMILES string of the molecule is Cc1ccc(OCC(=O)N/N=C/c2ccccc2C(F)(F)F)c(Br)c1. The summed E-state index contributed by atoms with van der Waals surface area (Å²) in [6.07, 6.45) is -3.55. The van der Waals surface area contributed by atoms with E-state index in [0.29, 0.717) is 10.2 Å². The van der Waals surface area contributed by atoms with Crippen molar-refractivity contribution in [2.75, 3.05) is 6.61 Å². The van der Waals surface area contributed by atoms with E-state index in [-0.39, 0.29) is 12.2 Å². The minimum atomic E-state index is -4.49. The van der Waals surface area contributed by atoms with Gasteiger partial charge in [0, 0.05) is 5.56 Å². The van der Waals surface area contributed by atoms with Crippen molar-refractivity contribution in [1.82, 2.24) is 5.43 Å². The molecule has 0 aliphatic heterocycles. The molecule has 2 aromatic rings. The minimum absolute atomic E-state index is 0.141. The number of aryl methyl sites for hydroxylation is 1. The molecule has 132 valence electrons. The molecule has 1 N–H and O–H groups in total. The van der Waals surface area contributed by atoms with Gasteiger partial charge in [0.15, 0.2) is 6.61 Å². The number of carbonyl (C=O) groups excluding carboxylic acids is 1. The van der Waals surface area contributed by atoms with Gasteiger partial charge in [-0.05, 0) is 46.6 Å². The Balaban J connectivity index is 1.93. The Bertz CT molecular complexity index is 792. The number of benzene rings is 2. The van der Waals surface area contributed by atoms with Gasteiger partial charge in [-0.3, -0.25) is 4.79 Å². The molecule has 1 amide bonds. The molecule has 4 nitrogen and oxygen atoms in total. The van der Waals surface area contributed by atoms with Gasteiger partial charge in [0.1, 0.15) is 5.75 Å². The van der Waals surface area contributed by atoms with Gasteiger partial charge in [0.25, 0.3) is 5.91 Å². The van der Waals surface area contributed by atoms with Crippen LogP contribution in [-0.2, 0) is 11.0 Å². The Morgan fingerprint density at radius 3 is 2.68 bits per heavy atom. The van der Waals surface area contributed by atoms with Crippen molar-refractivity contribution in [2.24, 2.45) is 5.10 Å². The van der Waals surface area contributed by atoms with Crippen LogP contribution in [0.2, 0.25) is 0 Å². The molecular formula is C17H14BrF3N2O2. The molecule has 0 bridgehead atoms. The third-order valence-corrected chi connectivity index (χ3v) is 3.72. The highest BCUT2D eigenvalue weighted by atomic mass is 79.9. The molecule has 25 heavy (non-hydrogen) atoms. The lowest BCUT2D eigenvalue weighted by molar-refractivity contribution is -0.137. The van der Waals surface area contributed by atoms with E-state index in [1.807, 2.05) is 19.1 Å². The Labute approximate surface area is 150 Å². The molecule has 0 saturated heterocycles. The summed E-state index contributed by atoms with van der Waals surface area (Å²) in [4.78, 5) is 11.7. The standard InChI is InChI=1S/C17H14BrF3N2O2/c1-11-6-7-15(14(18)8-11)25-10-16(24)23-22-9-12-4-2-3-5-13(12)17(19,20)21/h2-9H,10H2,1H3,(H,23,24)/b22-9+. The van der Waals surface area contributed by atoms with E-state index in [1.54, 1.807) is 6.07 Å². The van der Waals surface area contributed by atoms with Crippen molar-refractivity contribution in [3.05, 3.63) is 63.6 Å². The summed E-state index contributed by atoms with van der Waals surface area (Å²) in [6.45, 7) is 1.59. The number of rotatable bonds is 5. The number of hydrazone groups is 1. The fraction of sp³-hybridized carbons (Fsp3) is 0.176.